The fourth-order valence-corrected chi connectivity index (χ4v) is 2.25. The predicted octanol–water partition coefficient (Wildman–Crippen LogP) is 3.30. The van der Waals surface area contributed by atoms with E-state index >= 15 is 0 Å². The number of nitrogens with one attached hydrogen (secondary N) is 2. The highest BCUT2D eigenvalue weighted by molar-refractivity contribution is 6.04. The third kappa shape index (κ3) is 5.30. The second-order valence-corrected chi connectivity index (χ2v) is 6.96. The normalized spacial score (nSPS) is 12.4. The average molecular weight is 380 g/mol. The Morgan fingerprint density at radius 3 is 2.19 bits per heavy atom. The molecule has 144 valence electrons. The van der Waals surface area contributed by atoms with Gasteiger partial charge in [0.05, 0.1) is 0 Å². The van der Waals surface area contributed by atoms with Crippen LogP contribution in [0.2, 0.25) is 0 Å². The molecule has 1 unspecified atom stereocenters. The zero-order valence-corrected chi connectivity index (χ0v) is 14.9. The van der Waals surface area contributed by atoms with Crippen LogP contribution >= 0.6 is 0 Å². The number of hydrogen-bond acceptors (Lipinski definition) is 3. The highest BCUT2D eigenvalue weighted by Gasteiger charge is 2.25. The molecule has 0 heterocycles. The Morgan fingerprint density at radius 1 is 0.963 bits per heavy atom. The topological polar surface area (TPSA) is 78.4 Å². The van der Waals surface area contributed by atoms with E-state index in [0.717, 1.165) is 36.4 Å². The lowest BCUT2D eigenvalue weighted by Gasteiger charge is -2.23. The summed E-state index contributed by atoms with van der Waals surface area (Å²) in [6.07, 6.45) is -1.82. The largest absolute Gasteiger partial charge is 0.378 e. The molecule has 2 aromatic carbocycles. The van der Waals surface area contributed by atoms with Crippen molar-refractivity contribution >= 4 is 17.5 Å². The molecule has 0 aliphatic rings. The van der Waals surface area contributed by atoms with Crippen molar-refractivity contribution in [2.75, 3.05) is 5.32 Å². The number of halogens is 3. The van der Waals surface area contributed by atoms with Gasteiger partial charge in [0.25, 0.3) is 11.8 Å². The molecule has 0 radical (unpaired) electrons. The van der Waals surface area contributed by atoms with E-state index < -0.39 is 40.9 Å². The minimum Gasteiger partial charge on any atom is -0.378 e. The first-order valence-corrected chi connectivity index (χ1v) is 8.04. The van der Waals surface area contributed by atoms with E-state index in [9.17, 15) is 27.9 Å². The summed E-state index contributed by atoms with van der Waals surface area (Å²) in [5.41, 5.74) is -1.10. The summed E-state index contributed by atoms with van der Waals surface area (Å²) in [6.45, 7) is 5.08. The zero-order valence-electron chi connectivity index (χ0n) is 14.9. The minimum absolute atomic E-state index is 0.00389. The van der Waals surface area contributed by atoms with Crippen LogP contribution in [0.3, 0.4) is 0 Å². The van der Waals surface area contributed by atoms with E-state index in [0.29, 0.717) is 0 Å². The van der Waals surface area contributed by atoms with E-state index in [-0.39, 0.29) is 16.8 Å². The standard InChI is InChI=1S/C19H19F3N2O3/c1-19(2,3)24-18(27)16(25)12-8-10(4-6-13(12)20)17(26)23-11-5-7-14(21)15(22)9-11/h4-9,16,25H,1-3H3,(H,23,26)(H,24,27). The van der Waals surface area contributed by atoms with Crippen LogP contribution in [-0.2, 0) is 4.79 Å². The van der Waals surface area contributed by atoms with Crippen molar-refractivity contribution in [2.24, 2.45) is 0 Å². The highest BCUT2D eigenvalue weighted by atomic mass is 19.2. The molecule has 1 atom stereocenters. The Morgan fingerprint density at radius 2 is 1.59 bits per heavy atom. The number of benzene rings is 2. The first kappa shape index (κ1) is 20.4. The number of aliphatic hydroxyl groups excluding tert-OH is 1. The van der Waals surface area contributed by atoms with Crippen LogP contribution in [-0.4, -0.2) is 22.5 Å². The van der Waals surface area contributed by atoms with E-state index in [1.807, 2.05) is 0 Å². The first-order valence-electron chi connectivity index (χ1n) is 8.04. The maximum Gasteiger partial charge on any atom is 0.255 e. The van der Waals surface area contributed by atoms with Gasteiger partial charge < -0.3 is 15.7 Å². The summed E-state index contributed by atoms with van der Waals surface area (Å²) in [5.74, 6) is -4.63. The Bertz CT molecular complexity index is 879. The molecule has 8 heteroatoms. The van der Waals surface area contributed by atoms with Crippen molar-refractivity contribution in [3.63, 3.8) is 0 Å². The number of carbonyl (C=O) groups excluding carboxylic acids is 2. The lowest BCUT2D eigenvalue weighted by atomic mass is 10.0. The maximum absolute atomic E-state index is 14.0. The fourth-order valence-electron chi connectivity index (χ4n) is 2.25. The number of anilines is 1. The third-order valence-electron chi connectivity index (χ3n) is 3.48. The van der Waals surface area contributed by atoms with Crippen molar-refractivity contribution < 1.29 is 27.9 Å². The molecule has 0 bridgehead atoms. The fraction of sp³-hybridized carbons (Fsp3) is 0.263. The average Bonchev–Trinajstić information content (AvgIpc) is 2.56. The van der Waals surface area contributed by atoms with E-state index in [1.54, 1.807) is 20.8 Å². The number of amides is 2. The molecule has 2 aromatic rings. The van der Waals surface area contributed by atoms with Crippen LogP contribution in [0.4, 0.5) is 18.9 Å². The smallest absolute Gasteiger partial charge is 0.255 e. The molecule has 0 saturated carbocycles. The predicted molar refractivity (Wildman–Crippen MR) is 93.6 cm³/mol. The molecule has 0 aliphatic carbocycles. The molecule has 0 spiro atoms. The lowest BCUT2D eigenvalue weighted by molar-refractivity contribution is -0.131. The van der Waals surface area contributed by atoms with Crippen molar-refractivity contribution in [1.82, 2.24) is 5.32 Å². The summed E-state index contributed by atoms with van der Waals surface area (Å²) in [6, 6.07) is 5.90. The Balaban J connectivity index is 2.23. The number of hydrogen-bond donors (Lipinski definition) is 3. The van der Waals surface area contributed by atoms with Crippen molar-refractivity contribution in [2.45, 2.75) is 32.4 Å². The molecular weight excluding hydrogens is 361 g/mol. The number of rotatable bonds is 4. The molecule has 0 saturated heterocycles. The Kier molecular flexibility index (Phi) is 5.90. The molecule has 0 aliphatic heterocycles. The summed E-state index contributed by atoms with van der Waals surface area (Å²) in [7, 11) is 0. The van der Waals surface area contributed by atoms with Gasteiger partial charge in [-0.1, -0.05) is 0 Å². The van der Waals surface area contributed by atoms with Gasteiger partial charge in [-0.25, -0.2) is 13.2 Å². The van der Waals surface area contributed by atoms with Gasteiger partial charge in [0, 0.05) is 28.4 Å². The number of aliphatic hydroxyl groups is 1. The lowest BCUT2D eigenvalue weighted by Crippen LogP contribution is -2.43. The monoisotopic (exact) mass is 380 g/mol. The summed E-state index contributed by atoms with van der Waals surface area (Å²) < 4.78 is 40.2. The summed E-state index contributed by atoms with van der Waals surface area (Å²) >= 11 is 0. The third-order valence-corrected chi connectivity index (χ3v) is 3.48. The van der Waals surface area contributed by atoms with Gasteiger partial charge in [0.15, 0.2) is 17.7 Å². The molecule has 0 fully saturated rings. The van der Waals surface area contributed by atoms with Gasteiger partial charge in [-0.2, -0.15) is 0 Å². The van der Waals surface area contributed by atoms with Gasteiger partial charge >= 0.3 is 0 Å². The highest BCUT2D eigenvalue weighted by Crippen LogP contribution is 2.21. The number of carbonyl (C=O) groups is 2. The summed E-state index contributed by atoms with van der Waals surface area (Å²) in [4.78, 5) is 24.3. The van der Waals surface area contributed by atoms with Gasteiger partial charge in [-0.3, -0.25) is 9.59 Å². The van der Waals surface area contributed by atoms with Crippen LogP contribution < -0.4 is 10.6 Å². The van der Waals surface area contributed by atoms with Gasteiger partial charge in [-0.05, 0) is 51.1 Å². The van der Waals surface area contributed by atoms with Crippen LogP contribution in [0.1, 0.15) is 42.8 Å². The first-order chi connectivity index (χ1) is 12.5. The molecule has 5 nitrogen and oxygen atoms in total. The van der Waals surface area contributed by atoms with E-state index in [2.05, 4.69) is 10.6 Å². The molecule has 27 heavy (non-hydrogen) atoms. The van der Waals surface area contributed by atoms with E-state index in [1.165, 1.54) is 0 Å². The minimum atomic E-state index is -1.82. The van der Waals surface area contributed by atoms with Crippen molar-refractivity contribution in [3.05, 3.63) is 65.0 Å². The molecule has 0 aromatic heterocycles. The zero-order chi connectivity index (χ0) is 20.4. The Labute approximate surface area is 154 Å². The molecular formula is C19H19F3N2O3. The van der Waals surface area contributed by atoms with Gasteiger partial charge in [0.2, 0.25) is 0 Å². The van der Waals surface area contributed by atoms with E-state index in [4.69, 9.17) is 0 Å². The maximum atomic E-state index is 14.0. The second-order valence-electron chi connectivity index (χ2n) is 6.96. The van der Waals surface area contributed by atoms with Crippen LogP contribution in [0.5, 0.6) is 0 Å². The quantitative estimate of drug-likeness (QED) is 0.762. The molecule has 3 N–H and O–H groups in total. The molecule has 2 rings (SSSR count). The Hall–Kier alpha value is -2.87. The van der Waals surface area contributed by atoms with Crippen LogP contribution in [0.15, 0.2) is 36.4 Å². The van der Waals surface area contributed by atoms with Gasteiger partial charge in [0.1, 0.15) is 5.82 Å². The van der Waals surface area contributed by atoms with Crippen molar-refractivity contribution in [3.8, 4) is 0 Å². The van der Waals surface area contributed by atoms with Crippen LogP contribution in [0, 0.1) is 17.5 Å². The summed E-state index contributed by atoms with van der Waals surface area (Å²) in [5, 5.41) is 15.0. The second kappa shape index (κ2) is 7.79. The van der Waals surface area contributed by atoms with Crippen molar-refractivity contribution in [1.29, 1.82) is 0 Å². The van der Waals surface area contributed by atoms with Crippen LogP contribution in [0.25, 0.3) is 0 Å². The SMILES string of the molecule is CC(C)(C)NC(=O)C(O)c1cc(C(=O)Nc2ccc(F)c(F)c2)ccc1F. The van der Waals surface area contributed by atoms with Gasteiger partial charge in [-0.15, -0.1) is 0 Å². The molecule has 2 amide bonds.